The number of nitrogens with zero attached hydrogens (tertiary/aromatic N) is 1. The highest BCUT2D eigenvalue weighted by molar-refractivity contribution is 5.98. The Morgan fingerprint density at radius 3 is 2.52 bits per heavy atom. The van der Waals surface area contributed by atoms with Gasteiger partial charge < -0.3 is 14.7 Å². The summed E-state index contributed by atoms with van der Waals surface area (Å²) in [7, 11) is 0. The van der Waals surface area contributed by atoms with Crippen LogP contribution in [0.1, 0.15) is 57.6 Å². The first-order chi connectivity index (χ1) is 12.5. The molecule has 0 bridgehead atoms. The molecule has 1 heterocycles. The van der Waals surface area contributed by atoms with Crippen molar-refractivity contribution >= 4 is 11.6 Å². The van der Waals surface area contributed by atoms with Gasteiger partial charge in [-0.15, -0.1) is 0 Å². The molecule has 1 fully saturated rings. The maximum Gasteiger partial charge on any atom is 0.418 e. The van der Waals surface area contributed by atoms with E-state index in [4.69, 9.17) is 4.74 Å². The van der Waals surface area contributed by atoms with Crippen LogP contribution < -0.4 is 9.64 Å². The SMILES string of the molecule is CC(C)CCOc1cc2c(c(C(F)(F)F)c1)N(C1CC(C)(O)C1)C(=O)CC2. The maximum absolute atomic E-state index is 13.8. The third-order valence-electron chi connectivity index (χ3n) is 5.27. The fourth-order valence-corrected chi connectivity index (χ4v) is 3.86. The smallest absolute Gasteiger partial charge is 0.418 e. The normalized spacial score (nSPS) is 25.4. The molecule has 150 valence electrons. The van der Waals surface area contributed by atoms with Crippen LogP contribution in [-0.4, -0.2) is 29.3 Å². The number of carbonyl (C=O) groups is 1. The van der Waals surface area contributed by atoms with Crippen LogP contribution in [0.25, 0.3) is 0 Å². The lowest BCUT2D eigenvalue weighted by molar-refractivity contribution is -0.137. The summed E-state index contributed by atoms with van der Waals surface area (Å²) in [5.41, 5.74) is -1.34. The monoisotopic (exact) mass is 385 g/mol. The second kappa shape index (κ2) is 7.00. The van der Waals surface area contributed by atoms with Gasteiger partial charge in [-0.3, -0.25) is 4.79 Å². The second-order valence-electron chi connectivity index (χ2n) is 8.33. The number of alkyl halides is 3. The summed E-state index contributed by atoms with van der Waals surface area (Å²) in [6, 6.07) is 2.23. The Morgan fingerprint density at radius 2 is 1.96 bits per heavy atom. The highest BCUT2D eigenvalue weighted by Gasteiger charge is 2.48. The Bertz CT molecular complexity index is 720. The Hall–Kier alpha value is -1.76. The number of rotatable bonds is 5. The Balaban J connectivity index is 1.97. The van der Waals surface area contributed by atoms with Crippen molar-refractivity contribution in [3.05, 3.63) is 23.3 Å². The van der Waals surface area contributed by atoms with Gasteiger partial charge in [0.05, 0.1) is 23.5 Å². The number of ether oxygens (including phenoxy) is 1. The number of aryl methyl sites for hydroxylation is 1. The lowest BCUT2D eigenvalue weighted by Gasteiger charge is -2.48. The number of hydrogen-bond donors (Lipinski definition) is 1. The van der Waals surface area contributed by atoms with Gasteiger partial charge in [-0.05, 0) is 56.2 Å². The largest absolute Gasteiger partial charge is 0.494 e. The first kappa shape index (κ1) is 20.0. The van der Waals surface area contributed by atoms with Gasteiger partial charge in [0.2, 0.25) is 5.91 Å². The molecule has 1 aliphatic carbocycles. The Labute approximate surface area is 157 Å². The fraction of sp³-hybridized carbons (Fsp3) is 0.650. The summed E-state index contributed by atoms with van der Waals surface area (Å²) in [5.74, 6) is 0.267. The first-order valence-corrected chi connectivity index (χ1v) is 9.39. The molecule has 0 aromatic heterocycles. The number of benzene rings is 1. The third-order valence-corrected chi connectivity index (χ3v) is 5.27. The number of carbonyl (C=O) groups excluding carboxylic acids is 1. The van der Waals surface area contributed by atoms with E-state index >= 15 is 0 Å². The predicted octanol–water partition coefficient (Wildman–Crippen LogP) is 4.32. The number of amides is 1. The Morgan fingerprint density at radius 1 is 1.30 bits per heavy atom. The molecule has 1 saturated carbocycles. The molecule has 1 amide bonds. The van der Waals surface area contributed by atoms with E-state index in [1.54, 1.807) is 13.0 Å². The zero-order valence-electron chi connectivity index (χ0n) is 15.9. The van der Waals surface area contributed by atoms with Crippen LogP contribution in [0.4, 0.5) is 18.9 Å². The predicted molar refractivity (Wildman–Crippen MR) is 95.8 cm³/mol. The number of halogens is 3. The molecule has 3 rings (SSSR count). The highest BCUT2D eigenvalue weighted by atomic mass is 19.4. The van der Waals surface area contributed by atoms with Crippen LogP contribution in [-0.2, 0) is 17.4 Å². The molecule has 0 saturated heterocycles. The summed E-state index contributed by atoms with van der Waals surface area (Å²) < 4.78 is 47.0. The molecule has 7 heteroatoms. The average Bonchev–Trinajstić information content (AvgIpc) is 2.51. The quantitative estimate of drug-likeness (QED) is 0.821. The van der Waals surface area contributed by atoms with E-state index in [1.807, 2.05) is 13.8 Å². The van der Waals surface area contributed by atoms with Gasteiger partial charge >= 0.3 is 6.18 Å². The zero-order chi connectivity index (χ0) is 20.0. The summed E-state index contributed by atoms with van der Waals surface area (Å²) in [6.07, 6.45) is -2.86. The molecule has 1 aromatic carbocycles. The van der Waals surface area contributed by atoms with E-state index in [-0.39, 0.29) is 43.0 Å². The van der Waals surface area contributed by atoms with Crippen LogP contribution in [0.5, 0.6) is 5.75 Å². The summed E-state index contributed by atoms with van der Waals surface area (Å²) in [5, 5.41) is 9.98. The summed E-state index contributed by atoms with van der Waals surface area (Å²) in [4.78, 5) is 13.7. The van der Waals surface area contributed by atoms with Crippen LogP contribution in [0.3, 0.4) is 0 Å². The Kier molecular flexibility index (Phi) is 5.18. The molecule has 27 heavy (non-hydrogen) atoms. The molecule has 0 radical (unpaired) electrons. The second-order valence-corrected chi connectivity index (χ2v) is 8.33. The van der Waals surface area contributed by atoms with Crippen molar-refractivity contribution in [1.82, 2.24) is 0 Å². The van der Waals surface area contributed by atoms with Crippen LogP contribution in [0, 0.1) is 5.92 Å². The van der Waals surface area contributed by atoms with E-state index in [2.05, 4.69) is 0 Å². The van der Waals surface area contributed by atoms with Crippen molar-refractivity contribution in [2.45, 2.75) is 70.7 Å². The van der Waals surface area contributed by atoms with E-state index in [1.165, 1.54) is 4.90 Å². The minimum atomic E-state index is -4.59. The van der Waals surface area contributed by atoms with E-state index in [0.29, 0.717) is 18.1 Å². The molecule has 2 aliphatic rings. The van der Waals surface area contributed by atoms with Crippen LogP contribution in [0.2, 0.25) is 0 Å². The van der Waals surface area contributed by atoms with Crippen molar-refractivity contribution in [3.63, 3.8) is 0 Å². The number of hydrogen-bond acceptors (Lipinski definition) is 3. The molecule has 1 aliphatic heterocycles. The molecule has 1 aromatic rings. The van der Waals surface area contributed by atoms with Gasteiger partial charge in [0.1, 0.15) is 5.75 Å². The van der Waals surface area contributed by atoms with Crippen molar-refractivity contribution in [2.75, 3.05) is 11.5 Å². The lowest BCUT2D eigenvalue weighted by atomic mass is 9.75. The van der Waals surface area contributed by atoms with E-state index in [9.17, 15) is 23.1 Å². The number of anilines is 1. The van der Waals surface area contributed by atoms with Crippen molar-refractivity contribution in [1.29, 1.82) is 0 Å². The molecule has 0 unspecified atom stereocenters. The highest BCUT2D eigenvalue weighted by Crippen LogP contribution is 2.47. The maximum atomic E-state index is 13.8. The van der Waals surface area contributed by atoms with Gasteiger partial charge in [-0.25, -0.2) is 0 Å². The van der Waals surface area contributed by atoms with Crippen LogP contribution >= 0.6 is 0 Å². The molecule has 0 spiro atoms. The molecule has 1 N–H and O–H groups in total. The minimum Gasteiger partial charge on any atom is -0.494 e. The van der Waals surface area contributed by atoms with E-state index < -0.39 is 23.4 Å². The van der Waals surface area contributed by atoms with Crippen molar-refractivity contribution < 1.29 is 27.8 Å². The van der Waals surface area contributed by atoms with Gasteiger partial charge in [0, 0.05) is 12.5 Å². The van der Waals surface area contributed by atoms with Gasteiger partial charge in [0.25, 0.3) is 0 Å². The number of aliphatic hydroxyl groups is 1. The topological polar surface area (TPSA) is 49.8 Å². The van der Waals surface area contributed by atoms with Crippen LogP contribution in [0.15, 0.2) is 12.1 Å². The van der Waals surface area contributed by atoms with Gasteiger partial charge in [-0.1, -0.05) is 13.8 Å². The lowest BCUT2D eigenvalue weighted by Crippen LogP contribution is -2.57. The summed E-state index contributed by atoms with van der Waals surface area (Å²) >= 11 is 0. The minimum absolute atomic E-state index is 0.0598. The van der Waals surface area contributed by atoms with Gasteiger partial charge in [-0.2, -0.15) is 13.2 Å². The van der Waals surface area contributed by atoms with Crippen molar-refractivity contribution in [3.8, 4) is 5.75 Å². The fourth-order valence-electron chi connectivity index (χ4n) is 3.86. The standard InChI is InChI=1S/C20H26F3NO3/c1-12(2)6-7-27-15-8-13-4-5-17(25)24(14-10-19(3,26)11-14)18(13)16(9-15)20(21,22)23/h8-9,12,14,26H,4-7,10-11H2,1-3H3. The summed E-state index contributed by atoms with van der Waals surface area (Å²) in [6.45, 7) is 6.03. The van der Waals surface area contributed by atoms with Crippen molar-refractivity contribution in [2.24, 2.45) is 5.92 Å². The number of fused-ring (bicyclic) bond motifs is 1. The van der Waals surface area contributed by atoms with Gasteiger partial charge in [0.15, 0.2) is 0 Å². The zero-order valence-corrected chi connectivity index (χ0v) is 15.9. The molecule has 4 nitrogen and oxygen atoms in total. The third kappa shape index (κ3) is 4.23. The molecular formula is C20H26F3NO3. The molecular weight excluding hydrogens is 359 g/mol. The first-order valence-electron chi connectivity index (χ1n) is 9.39. The molecule has 0 atom stereocenters. The van der Waals surface area contributed by atoms with E-state index in [0.717, 1.165) is 12.5 Å². The average molecular weight is 385 g/mol.